The van der Waals surface area contributed by atoms with Gasteiger partial charge in [0.2, 0.25) is 0 Å². The molecule has 2 aromatic rings. The van der Waals surface area contributed by atoms with Crippen LogP contribution in [0.3, 0.4) is 0 Å². The van der Waals surface area contributed by atoms with Gasteiger partial charge in [0.05, 0.1) is 17.6 Å². The molecule has 1 saturated heterocycles. The van der Waals surface area contributed by atoms with Gasteiger partial charge in [0, 0.05) is 6.54 Å². The number of fused-ring (bicyclic) bond motifs is 1. The van der Waals surface area contributed by atoms with Crippen molar-refractivity contribution in [2.24, 2.45) is 0 Å². The Kier molecular flexibility index (Phi) is 5.59. The van der Waals surface area contributed by atoms with Crippen LogP contribution in [0.1, 0.15) is 19.8 Å². The SMILES string of the molecule is CCOc1nc2ccccc2nc1O[C@@H]1CCCNC1.Cl. The molecular formula is C15H20ClN3O2. The Hall–Kier alpha value is -1.59. The van der Waals surface area contributed by atoms with Gasteiger partial charge in [0.25, 0.3) is 11.8 Å². The molecule has 1 aliphatic rings. The van der Waals surface area contributed by atoms with Crippen LogP contribution >= 0.6 is 12.4 Å². The van der Waals surface area contributed by atoms with E-state index in [0.717, 1.165) is 37.0 Å². The van der Waals surface area contributed by atoms with Gasteiger partial charge >= 0.3 is 0 Å². The smallest absolute Gasteiger partial charge is 0.279 e. The van der Waals surface area contributed by atoms with Crippen LogP contribution in [-0.2, 0) is 0 Å². The lowest BCUT2D eigenvalue weighted by molar-refractivity contribution is 0.151. The van der Waals surface area contributed by atoms with Crippen molar-refractivity contribution in [2.45, 2.75) is 25.9 Å². The number of rotatable bonds is 4. The molecular weight excluding hydrogens is 290 g/mol. The third-order valence-electron chi connectivity index (χ3n) is 3.32. The molecule has 21 heavy (non-hydrogen) atoms. The fraction of sp³-hybridized carbons (Fsp3) is 0.467. The molecule has 0 bridgehead atoms. The van der Waals surface area contributed by atoms with Crippen LogP contribution in [-0.4, -0.2) is 35.8 Å². The van der Waals surface area contributed by atoms with Crippen molar-refractivity contribution < 1.29 is 9.47 Å². The summed E-state index contributed by atoms with van der Waals surface area (Å²) in [6.45, 7) is 4.39. The van der Waals surface area contributed by atoms with Crippen LogP contribution < -0.4 is 14.8 Å². The number of halogens is 1. The molecule has 1 aliphatic heterocycles. The number of aromatic nitrogens is 2. The van der Waals surface area contributed by atoms with Crippen molar-refractivity contribution >= 4 is 23.4 Å². The van der Waals surface area contributed by atoms with Crippen LogP contribution in [0.2, 0.25) is 0 Å². The number of ether oxygens (including phenoxy) is 2. The molecule has 1 fully saturated rings. The van der Waals surface area contributed by atoms with Crippen molar-refractivity contribution in [2.75, 3.05) is 19.7 Å². The minimum atomic E-state index is 0. The number of nitrogens with zero attached hydrogens (tertiary/aromatic N) is 2. The predicted molar refractivity (Wildman–Crippen MR) is 84.5 cm³/mol. The monoisotopic (exact) mass is 309 g/mol. The van der Waals surface area contributed by atoms with Crippen LogP contribution in [0, 0.1) is 0 Å². The van der Waals surface area contributed by atoms with E-state index in [1.807, 2.05) is 31.2 Å². The summed E-state index contributed by atoms with van der Waals surface area (Å²) in [6, 6.07) is 7.75. The van der Waals surface area contributed by atoms with Gasteiger partial charge in [-0.2, -0.15) is 0 Å². The molecule has 114 valence electrons. The van der Waals surface area contributed by atoms with E-state index in [1.165, 1.54) is 0 Å². The van der Waals surface area contributed by atoms with Crippen LogP contribution in [0.5, 0.6) is 11.8 Å². The first-order valence-corrected chi connectivity index (χ1v) is 7.14. The summed E-state index contributed by atoms with van der Waals surface area (Å²) in [6.07, 6.45) is 2.29. The molecule has 2 heterocycles. The number of hydrogen-bond acceptors (Lipinski definition) is 5. The Labute approximate surface area is 130 Å². The number of nitrogens with one attached hydrogen (secondary N) is 1. The second-order valence-electron chi connectivity index (χ2n) is 4.84. The van der Waals surface area contributed by atoms with Gasteiger partial charge in [-0.3, -0.25) is 0 Å². The predicted octanol–water partition coefficient (Wildman–Crippen LogP) is 2.58. The van der Waals surface area contributed by atoms with E-state index in [4.69, 9.17) is 9.47 Å². The van der Waals surface area contributed by atoms with E-state index < -0.39 is 0 Å². The van der Waals surface area contributed by atoms with Gasteiger partial charge in [0.15, 0.2) is 0 Å². The molecule has 5 nitrogen and oxygen atoms in total. The summed E-state index contributed by atoms with van der Waals surface area (Å²) in [5.41, 5.74) is 1.65. The highest BCUT2D eigenvalue weighted by molar-refractivity contribution is 5.85. The molecule has 6 heteroatoms. The maximum Gasteiger partial charge on any atom is 0.279 e. The molecule has 0 amide bonds. The van der Waals surface area contributed by atoms with Crippen molar-refractivity contribution in [3.8, 4) is 11.8 Å². The zero-order valence-electron chi connectivity index (χ0n) is 12.0. The Morgan fingerprint density at radius 1 is 1.19 bits per heavy atom. The molecule has 1 atom stereocenters. The fourth-order valence-corrected chi connectivity index (χ4v) is 2.35. The molecule has 3 rings (SSSR count). The van der Waals surface area contributed by atoms with E-state index in [9.17, 15) is 0 Å². The normalized spacial score (nSPS) is 18.0. The number of piperidine rings is 1. The van der Waals surface area contributed by atoms with Crippen LogP contribution in [0.25, 0.3) is 11.0 Å². The summed E-state index contributed by atoms with van der Waals surface area (Å²) in [7, 11) is 0. The Bertz CT molecular complexity index is 588. The highest BCUT2D eigenvalue weighted by Crippen LogP contribution is 2.27. The lowest BCUT2D eigenvalue weighted by atomic mass is 10.1. The molecule has 0 spiro atoms. The molecule has 0 unspecified atom stereocenters. The lowest BCUT2D eigenvalue weighted by Gasteiger charge is -2.24. The van der Waals surface area contributed by atoms with Gasteiger partial charge in [0.1, 0.15) is 6.10 Å². The van der Waals surface area contributed by atoms with Crippen molar-refractivity contribution in [1.29, 1.82) is 0 Å². The molecule has 1 N–H and O–H groups in total. The topological polar surface area (TPSA) is 56.3 Å². The Morgan fingerprint density at radius 2 is 1.90 bits per heavy atom. The number of para-hydroxylation sites is 2. The zero-order chi connectivity index (χ0) is 13.8. The van der Waals surface area contributed by atoms with E-state index in [-0.39, 0.29) is 18.5 Å². The van der Waals surface area contributed by atoms with Crippen molar-refractivity contribution in [3.05, 3.63) is 24.3 Å². The van der Waals surface area contributed by atoms with E-state index in [0.29, 0.717) is 18.4 Å². The first kappa shape index (κ1) is 15.8. The summed E-state index contributed by atoms with van der Waals surface area (Å²) < 4.78 is 11.6. The quantitative estimate of drug-likeness (QED) is 0.940. The first-order valence-electron chi connectivity index (χ1n) is 7.14. The van der Waals surface area contributed by atoms with Crippen molar-refractivity contribution in [3.63, 3.8) is 0 Å². The summed E-state index contributed by atoms with van der Waals surface area (Å²) >= 11 is 0. The third-order valence-corrected chi connectivity index (χ3v) is 3.32. The highest BCUT2D eigenvalue weighted by Gasteiger charge is 2.19. The summed E-state index contributed by atoms with van der Waals surface area (Å²) in [5, 5.41) is 3.33. The van der Waals surface area contributed by atoms with Crippen molar-refractivity contribution in [1.82, 2.24) is 15.3 Å². The fourth-order valence-electron chi connectivity index (χ4n) is 2.35. The minimum Gasteiger partial charge on any atom is -0.474 e. The maximum absolute atomic E-state index is 5.99. The standard InChI is InChI=1S/C15H19N3O2.ClH/c1-2-19-14-15(20-11-6-5-9-16-10-11)18-13-8-4-3-7-12(13)17-14;/h3-4,7-8,11,16H,2,5-6,9-10H2,1H3;1H/t11-;/m1./s1. The second-order valence-corrected chi connectivity index (χ2v) is 4.84. The van der Waals surface area contributed by atoms with Gasteiger partial charge in [-0.25, -0.2) is 9.97 Å². The van der Waals surface area contributed by atoms with Crippen LogP contribution in [0.4, 0.5) is 0 Å². The minimum absolute atomic E-state index is 0. The van der Waals surface area contributed by atoms with Crippen LogP contribution in [0.15, 0.2) is 24.3 Å². The first-order chi connectivity index (χ1) is 9.86. The Morgan fingerprint density at radius 3 is 2.52 bits per heavy atom. The largest absolute Gasteiger partial charge is 0.474 e. The van der Waals surface area contributed by atoms with E-state index >= 15 is 0 Å². The van der Waals surface area contributed by atoms with Gasteiger partial charge in [-0.05, 0) is 38.4 Å². The summed E-state index contributed by atoms with van der Waals surface area (Å²) in [4.78, 5) is 9.05. The average Bonchev–Trinajstić information content (AvgIpc) is 2.49. The second kappa shape index (κ2) is 7.43. The van der Waals surface area contributed by atoms with Gasteiger partial charge in [-0.15, -0.1) is 12.4 Å². The number of benzene rings is 1. The molecule has 0 saturated carbocycles. The maximum atomic E-state index is 5.99. The molecule has 0 aliphatic carbocycles. The molecule has 1 aromatic heterocycles. The highest BCUT2D eigenvalue weighted by atomic mass is 35.5. The lowest BCUT2D eigenvalue weighted by Crippen LogP contribution is -2.37. The molecule has 0 radical (unpaired) electrons. The molecule has 1 aromatic carbocycles. The van der Waals surface area contributed by atoms with E-state index in [2.05, 4.69) is 15.3 Å². The van der Waals surface area contributed by atoms with E-state index in [1.54, 1.807) is 0 Å². The Balaban J connectivity index is 0.00000161. The summed E-state index contributed by atoms with van der Waals surface area (Å²) in [5.74, 6) is 0.982. The zero-order valence-corrected chi connectivity index (χ0v) is 12.9. The third kappa shape index (κ3) is 3.74. The van der Waals surface area contributed by atoms with Gasteiger partial charge < -0.3 is 14.8 Å². The average molecular weight is 310 g/mol. The number of hydrogen-bond donors (Lipinski definition) is 1. The van der Waals surface area contributed by atoms with Gasteiger partial charge in [-0.1, -0.05) is 12.1 Å².